The van der Waals surface area contributed by atoms with Gasteiger partial charge in [-0.1, -0.05) is 5.16 Å². The first-order valence-electron chi connectivity index (χ1n) is 5.98. The first-order chi connectivity index (χ1) is 9.38. The highest BCUT2D eigenvalue weighted by Gasteiger charge is 2.33. The molecule has 0 bridgehead atoms. The molecule has 0 spiro atoms. The van der Waals surface area contributed by atoms with Crippen molar-refractivity contribution in [3.8, 4) is 0 Å². The molecule has 0 amide bonds. The normalized spacial score (nSPS) is 13.0. The zero-order valence-corrected chi connectivity index (χ0v) is 12.2. The van der Waals surface area contributed by atoms with Gasteiger partial charge in [0.2, 0.25) is 5.89 Å². The number of hydrogen-bond acceptors (Lipinski definition) is 5. The molecule has 2 heterocycles. The van der Waals surface area contributed by atoms with Gasteiger partial charge in [0.05, 0.1) is 0 Å². The Bertz CT molecular complexity index is 568. The van der Waals surface area contributed by atoms with Gasteiger partial charge in [0.1, 0.15) is 6.54 Å². The molecular weight excluding hydrogens is 311 g/mol. The van der Waals surface area contributed by atoms with Crippen LogP contribution in [-0.4, -0.2) is 33.0 Å². The molecule has 1 atom stereocenters. The van der Waals surface area contributed by atoms with E-state index in [4.69, 9.17) is 4.52 Å². The third kappa shape index (κ3) is 4.71. The summed E-state index contributed by atoms with van der Waals surface area (Å²) in [6.45, 7) is 1.97. The highest BCUT2D eigenvalue weighted by atomic mass is 35.5. The van der Waals surface area contributed by atoms with Crippen LogP contribution in [0.15, 0.2) is 16.8 Å². The zero-order valence-electron chi connectivity index (χ0n) is 11.4. The number of alkyl halides is 3. The van der Waals surface area contributed by atoms with E-state index in [0.717, 1.165) is 10.7 Å². The zero-order chi connectivity index (χ0) is 14.8. The van der Waals surface area contributed by atoms with Crippen LogP contribution in [0, 0.1) is 0 Å². The third-order valence-corrected chi connectivity index (χ3v) is 2.72. The fourth-order valence-electron chi connectivity index (χ4n) is 1.55. The van der Waals surface area contributed by atoms with Crippen LogP contribution in [0.4, 0.5) is 13.2 Å². The summed E-state index contributed by atoms with van der Waals surface area (Å²) in [7, 11) is 1.81. The first kappa shape index (κ1) is 17.4. The van der Waals surface area contributed by atoms with Gasteiger partial charge in [0, 0.05) is 18.7 Å². The maximum atomic E-state index is 12.4. The predicted octanol–water partition coefficient (Wildman–Crippen LogP) is 1.91. The second kappa shape index (κ2) is 6.90. The smallest absolute Gasteiger partial charge is 0.337 e. The average Bonchev–Trinajstić information content (AvgIpc) is 2.98. The summed E-state index contributed by atoms with van der Waals surface area (Å²) in [6.07, 6.45) is -2.65. The van der Waals surface area contributed by atoms with Crippen molar-refractivity contribution in [1.82, 2.24) is 25.2 Å². The van der Waals surface area contributed by atoms with E-state index in [2.05, 4.69) is 20.6 Å². The summed E-state index contributed by atoms with van der Waals surface area (Å²) in [5.41, 5.74) is -0.943. The SMILES string of the molecule is CNC(C)Cc1noc(Cn2ccc(C(F)(F)F)n2)n1.Cl. The molecule has 0 saturated carbocycles. The second-order valence-corrected chi connectivity index (χ2v) is 4.39. The molecule has 0 aliphatic carbocycles. The maximum absolute atomic E-state index is 12.4. The number of hydrogen-bond donors (Lipinski definition) is 1. The minimum Gasteiger partial charge on any atom is -0.337 e. The average molecular weight is 326 g/mol. The molecule has 0 fully saturated rings. The Kier molecular flexibility index (Phi) is 5.73. The lowest BCUT2D eigenvalue weighted by molar-refractivity contribution is -0.141. The Morgan fingerprint density at radius 1 is 1.43 bits per heavy atom. The third-order valence-electron chi connectivity index (χ3n) is 2.72. The molecule has 0 aliphatic heterocycles. The summed E-state index contributed by atoms with van der Waals surface area (Å²) >= 11 is 0. The van der Waals surface area contributed by atoms with Crippen molar-refractivity contribution in [2.75, 3.05) is 7.05 Å². The van der Waals surface area contributed by atoms with E-state index >= 15 is 0 Å². The highest BCUT2D eigenvalue weighted by Crippen LogP contribution is 2.27. The molecule has 10 heteroatoms. The number of rotatable bonds is 5. The minimum absolute atomic E-state index is 0. The molecule has 6 nitrogen and oxygen atoms in total. The van der Waals surface area contributed by atoms with Crippen molar-refractivity contribution in [3.05, 3.63) is 29.7 Å². The van der Waals surface area contributed by atoms with Gasteiger partial charge in [-0.25, -0.2) is 0 Å². The van der Waals surface area contributed by atoms with E-state index in [1.54, 1.807) is 0 Å². The quantitative estimate of drug-likeness (QED) is 0.909. The molecule has 2 aromatic heterocycles. The van der Waals surface area contributed by atoms with Crippen molar-refractivity contribution in [1.29, 1.82) is 0 Å². The van der Waals surface area contributed by atoms with Crippen LogP contribution < -0.4 is 5.32 Å². The number of nitrogens with one attached hydrogen (secondary N) is 1. The van der Waals surface area contributed by atoms with Gasteiger partial charge >= 0.3 is 6.18 Å². The molecule has 2 rings (SSSR count). The predicted molar refractivity (Wildman–Crippen MR) is 70.1 cm³/mol. The van der Waals surface area contributed by atoms with E-state index in [1.807, 2.05) is 14.0 Å². The van der Waals surface area contributed by atoms with Crippen LogP contribution >= 0.6 is 12.4 Å². The fraction of sp³-hybridized carbons (Fsp3) is 0.545. The van der Waals surface area contributed by atoms with Gasteiger partial charge in [0.25, 0.3) is 0 Å². The maximum Gasteiger partial charge on any atom is 0.435 e. The van der Waals surface area contributed by atoms with E-state index in [9.17, 15) is 13.2 Å². The highest BCUT2D eigenvalue weighted by molar-refractivity contribution is 5.85. The Morgan fingerprint density at radius 2 is 2.14 bits per heavy atom. The molecule has 0 aromatic carbocycles. The van der Waals surface area contributed by atoms with E-state index in [-0.39, 0.29) is 30.9 Å². The monoisotopic (exact) mass is 325 g/mol. The molecule has 0 aliphatic rings. The van der Waals surface area contributed by atoms with Crippen LogP contribution in [0.2, 0.25) is 0 Å². The number of aromatic nitrogens is 4. The van der Waals surface area contributed by atoms with Gasteiger partial charge in [-0.15, -0.1) is 12.4 Å². The van der Waals surface area contributed by atoms with Crippen molar-refractivity contribution in [2.45, 2.75) is 32.1 Å². The van der Waals surface area contributed by atoms with Crippen LogP contribution in [0.1, 0.15) is 24.3 Å². The standard InChI is InChI=1S/C11H14F3N5O.ClH/c1-7(15-2)5-9-16-10(20-18-9)6-19-4-3-8(17-19)11(12,13)14;/h3-4,7,15H,5-6H2,1-2H3;1H. The van der Waals surface area contributed by atoms with Crippen molar-refractivity contribution < 1.29 is 17.7 Å². The van der Waals surface area contributed by atoms with E-state index < -0.39 is 11.9 Å². The van der Waals surface area contributed by atoms with Gasteiger partial charge in [-0.05, 0) is 20.0 Å². The van der Waals surface area contributed by atoms with Crippen molar-refractivity contribution in [3.63, 3.8) is 0 Å². The minimum atomic E-state index is -4.45. The Balaban J connectivity index is 0.00000220. The summed E-state index contributed by atoms with van der Waals surface area (Å²) in [5, 5.41) is 10.2. The molecule has 0 radical (unpaired) electrons. The second-order valence-electron chi connectivity index (χ2n) is 4.39. The molecule has 1 N–H and O–H groups in total. The summed E-state index contributed by atoms with van der Waals surface area (Å²) in [6, 6.07) is 1.09. The number of likely N-dealkylation sites (N-methyl/N-ethyl adjacent to an activating group) is 1. The summed E-state index contributed by atoms with van der Waals surface area (Å²) < 4.78 is 43.3. The van der Waals surface area contributed by atoms with E-state index in [0.29, 0.717) is 12.2 Å². The lowest BCUT2D eigenvalue weighted by Gasteiger charge is -2.04. The molecule has 2 aromatic rings. The molecule has 0 saturated heterocycles. The fourth-order valence-corrected chi connectivity index (χ4v) is 1.55. The Morgan fingerprint density at radius 3 is 2.71 bits per heavy atom. The first-order valence-corrected chi connectivity index (χ1v) is 5.98. The molecular formula is C11H15ClF3N5O. The Hall–Kier alpha value is -1.61. The number of nitrogens with zero attached hydrogens (tertiary/aromatic N) is 4. The van der Waals surface area contributed by atoms with Crippen LogP contribution in [0.5, 0.6) is 0 Å². The van der Waals surface area contributed by atoms with Crippen LogP contribution in [0.3, 0.4) is 0 Å². The van der Waals surface area contributed by atoms with Crippen molar-refractivity contribution >= 4 is 12.4 Å². The van der Waals surface area contributed by atoms with Crippen LogP contribution in [-0.2, 0) is 19.1 Å². The number of halogens is 4. The largest absolute Gasteiger partial charge is 0.435 e. The van der Waals surface area contributed by atoms with Crippen LogP contribution in [0.25, 0.3) is 0 Å². The summed E-state index contributed by atoms with van der Waals surface area (Å²) in [5.74, 6) is 0.727. The van der Waals surface area contributed by atoms with Gasteiger partial charge < -0.3 is 9.84 Å². The Labute approximate surface area is 125 Å². The molecule has 1 unspecified atom stereocenters. The topological polar surface area (TPSA) is 68.8 Å². The van der Waals surface area contributed by atoms with Gasteiger partial charge in [-0.2, -0.15) is 23.3 Å². The molecule has 118 valence electrons. The molecule has 21 heavy (non-hydrogen) atoms. The lowest BCUT2D eigenvalue weighted by Crippen LogP contribution is -2.24. The van der Waals surface area contributed by atoms with Gasteiger partial charge in [-0.3, -0.25) is 4.68 Å². The van der Waals surface area contributed by atoms with Crippen molar-refractivity contribution in [2.24, 2.45) is 0 Å². The summed E-state index contributed by atoms with van der Waals surface area (Å²) in [4.78, 5) is 4.11. The van der Waals surface area contributed by atoms with Gasteiger partial charge in [0.15, 0.2) is 11.5 Å². The van der Waals surface area contributed by atoms with E-state index in [1.165, 1.54) is 6.20 Å². The lowest BCUT2D eigenvalue weighted by atomic mass is 10.2.